The van der Waals surface area contributed by atoms with E-state index >= 15 is 0 Å². The molecule has 0 bridgehead atoms. The van der Waals surface area contributed by atoms with Crippen molar-refractivity contribution in [1.82, 2.24) is 10.1 Å². The van der Waals surface area contributed by atoms with Crippen molar-refractivity contribution < 1.29 is 14.4 Å². The number of carbonyl (C=O) groups excluding carboxylic acids is 1. The van der Waals surface area contributed by atoms with Crippen molar-refractivity contribution in [3.05, 3.63) is 53.4 Å². The standard InChI is InChI=1S/C20H26N2O3/c1-2-6-19-17(14-21-25-19)20(24)22-11-9-16(10-12-22)18(23)13-15-7-4-3-5-8-15/h3-5,7-8,14,16,18,23H,2,6,9-13H2,1H3/t18-/m0/s1. The summed E-state index contributed by atoms with van der Waals surface area (Å²) in [6.07, 6.45) is 5.15. The Morgan fingerprint density at radius 3 is 2.72 bits per heavy atom. The second-order valence-corrected chi connectivity index (χ2v) is 6.80. The number of aliphatic hydroxyl groups is 1. The summed E-state index contributed by atoms with van der Waals surface area (Å²) in [7, 11) is 0. The summed E-state index contributed by atoms with van der Waals surface area (Å²) in [6, 6.07) is 10.1. The van der Waals surface area contributed by atoms with Crippen LogP contribution >= 0.6 is 0 Å². The lowest BCUT2D eigenvalue weighted by Gasteiger charge is -2.34. The molecule has 5 nitrogen and oxygen atoms in total. The van der Waals surface area contributed by atoms with Gasteiger partial charge in [0.2, 0.25) is 0 Å². The maximum Gasteiger partial charge on any atom is 0.259 e. The monoisotopic (exact) mass is 342 g/mol. The van der Waals surface area contributed by atoms with Crippen LogP contribution in [0.3, 0.4) is 0 Å². The summed E-state index contributed by atoms with van der Waals surface area (Å²) in [4.78, 5) is 14.5. The Kier molecular flexibility index (Phi) is 5.87. The third kappa shape index (κ3) is 4.28. The van der Waals surface area contributed by atoms with E-state index in [9.17, 15) is 9.90 Å². The molecule has 2 aromatic rings. The van der Waals surface area contributed by atoms with E-state index in [1.807, 2.05) is 35.2 Å². The average molecular weight is 342 g/mol. The van der Waals surface area contributed by atoms with Gasteiger partial charge < -0.3 is 14.5 Å². The van der Waals surface area contributed by atoms with Crippen molar-refractivity contribution in [2.75, 3.05) is 13.1 Å². The van der Waals surface area contributed by atoms with E-state index in [4.69, 9.17) is 4.52 Å². The zero-order chi connectivity index (χ0) is 17.6. The minimum atomic E-state index is -0.356. The molecular weight excluding hydrogens is 316 g/mol. The summed E-state index contributed by atoms with van der Waals surface area (Å²) >= 11 is 0. The number of carbonyl (C=O) groups is 1. The first-order valence-electron chi connectivity index (χ1n) is 9.13. The van der Waals surface area contributed by atoms with Crippen molar-refractivity contribution >= 4 is 5.91 Å². The molecule has 1 amide bonds. The smallest absolute Gasteiger partial charge is 0.259 e. The number of likely N-dealkylation sites (tertiary alicyclic amines) is 1. The van der Waals surface area contributed by atoms with Gasteiger partial charge in [0.05, 0.1) is 12.3 Å². The highest BCUT2D eigenvalue weighted by molar-refractivity contribution is 5.94. The summed E-state index contributed by atoms with van der Waals surface area (Å²) in [5.41, 5.74) is 1.74. The number of aromatic nitrogens is 1. The van der Waals surface area contributed by atoms with Gasteiger partial charge in [0.1, 0.15) is 11.3 Å². The first-order valence-corrected chi connectivity index (χ1v) is 9.13. The van der Waals surface area contributed by atoms with Gasteiger partial charge in [-0.05, 0) is 37.2 Å². The summed E-state index contributed by atoms with van der Waals surface area (Å²) in [5.74, 6) is 0.918. The Balaban J connectivity index is 1.54. The van der Waals surface area contributed by atoms with Crippen LogP contribution in [0.1, 0.15) is 47.9 Å². The molecule has 0 radical (unpaired) electrons. The number of aliphatic hydroxyl groups excluding tert-OH is 1. The molecule has 1 aliphatic heterocycles. The highest BCUT2D eigenvalue weighted by Gasteiger charge is 2.29. The molecule has 1 aromatic carbocycles. The van der Waals surface area contributed by atoms with Gasteiger partial charge in [-0.1, -0.05) is 42.4 Å². The number of hydrogen-bond donors (Lipinski definition) is 1. The number of piperidine rings is 1. The molecule has 1 fully saturated rings. The van der Waals surface area contributed by atoms with E-state index in [1.54, 1.807) is 0 Å². The van der Waals surface area contributed by atoms with Gasteiger partial charge in [-0.3, -0.25) is 4.79 Å². The number of amides is 1. The first kappa shape index (κ1) is 17.7. The van der Waals surface area contributed by atoms with Crippen LogP contribution in [-0.4, -0.2) is 40.3 Å². The molecular formula is C20H26N2O3. The Labute approximate surface area is 148 Å². The van der Waals surface area contributed by atoms with Gasteiger partial charge in [-0.25, -0.2) is 0 Å². The molecule has 2 heterocycles. The Morgan fingerprint density at radius 1 is 1.32 bits per heavy atom. The van der Waals surface area contributed by atoms with E-state index in [1.165, 1.54) is 6.20 Å². The van der Waals surface area contributed by atoms with Gasteiger partial charge in [0.15, 0.2) is 0 Å². The van der Waals surface area contributed by atoms with E-state index < -0.39 is 0 Å². The first-order chi connectivity index (χ1) is 12.2. The Morgan fingerprint density at radius 2 is 2.04 bits per heavy atom. The third-order valence-electron chi connectivity index (χ3n) is 5.01. The SMILES string of the molecule is CCCc1oncc1C(=O)N1CCC([C@@H](O)Cc2ccccc2)CC1. The van der Waals surface area contributed by atoms with E-state index in [0.29, 0.717) is 30.8 Å². The highest BCUT2D eigenvalue weighted by atomic mass is 16.5. The molecule has 0 unspecified atom stereocenters. The van der Waals surface area contributed by atoms with Crippen LogP contribution < -0.4 is 0 Å². The van der Waals surface area contributed by atoms with E-state index in [2.05, 4.69) is 12.1 Å². The lowest BCUT2D eigenvalue weighted by Crippen LogP contribution is -2.41. The molecule has 25 heavy (non-hydrogen) atoms. The zero-order valence-electron chi connectivity index (χ0n) is 14.7. The number of aryl methyl sites for hydroxylation is 1. The van der Waals surface area contributed by atoms with Crippen molar-refractivity contribution in [1.29, 1.82) is 0 Å². The van der Waals surface area contributed by atoms with Gasteiger partial charge >= 0.3 is 0 Å². The normalized spacial score (nSPS) is 16.8. The van der Waals surface area contributed by atoms with Gasteiger partial charge in [-0.15, -0.1) is 0 Å². The number of rotatable bonds is 6. The van der Waals surface area contributed by atoms with Crippen molar-refractivity contribution in [2.24, 2.45) is 5.92 Å². The highest BCUT2D eigenvalue weighted by Crippen LogP contribution is 2.25. The van der Waals surface area contributed by atoms with Crippen LogP contribution in [0.2, 0.25) is 0 Å². The Hall–Kier alpha value is -2.14. The Bertz CT molecular complexity index is 675. The molecule has 0 saturated carbocycles. The molecule has 1 atom stereocenters. The quantitative estimate of drug-likeness (QED) is 0.876. The molecule has 5 heteroatoms. The lowest BCUT2D eigenvalue weighted by atomic mass is 9.87. The molecule has 3 rings (SSSR count). The fraction of sp³-hybridized carbons (Fsp3) is 0.500. The molecule has 1 N–H and O–H groups in total. The van der Waals surface area contributed by atoms with Gasteiger partial charge in [0.25, 0.3) is 5.91 Å². The minimum Gasteiger partial charge on any atom is -0.392 e. The second-order valence-electron chi connectivity index (χ2n) is 6.80. The van der Waals surface area contributed by atoms with Crippen molar-refractivity contribution in [3.63, 3.8) is 0 Å². The fourth-order valence-corrected chi connectivity index (χ4v) is 3.53. The largest absolute Gasteiger partial charge is 0.392 e. The topological polar surface area (TPSA) is 66.6 Å². The number of nitrogens with zero attached hydrogens (tertiary/aromatic N) is 2. The summed E-state index contributed by atoms with van der Waals surface area (Å²) in [5, 5.41) is 14.3. The summed E-state index contributed by atoms with van der Waals surface area (Å²) in [6.45, 7) is 3.40. The van der Waals surface area contributed by atoms with Crippen LogP contribution in [0, 0.1) is 5.92 Å². The molecule has 0 aliphatic carbocycles. The van der Waals surface area contributed by atoms with Crippen molar-refractivity contribution in [2.45, 2.75) is 45.1 Å². The predicted molar refractivity (Wildman–Crippen MR) is 95.3 cm³/mol. The van der Waals surface area contributed by atoms with Crippen LogP contribution in [0.25, 0.3) is 0 Å². The van der Waals surface area contributed by atoms with Crippen molar-refractivity contribution in [3.8, 4) is 0 Å². The summed E-state index contributed by atoms with van der Waals surface area (Å²) < 4.78 is 5.21. The predicted octanol–water partition coefficient (Wildman–Crippen LogP) is 3.08. The molecule has 1 aliphatic rings. The fourth-order valence-electron chi connectivity index (χ4n) is 3.53. The van der Waals surface area contributed by atoms with Gasteiger partial charge in [-0.2, -0.15) is 0 Å². The average Bonchev–Trinajstić information content (AvgIpc) is 3.11. The van der Waals surface area contributed by atoms with E-state index in [0.717, 1.165) is 31.2 Å². The second kappa shape index (κ2) is 8.30. The van der Waals surface area contributed by atoms with Crippen LogP contribution in [-0.2, 0) is 12.8 Å². The third-order valence-corrected chi connectivity index (χ3v) is 5.01. The zero-order valence-corrected chi connectivity index (χ0v) is 14.7. The van der Waals surface area contributed by atoms with Crippen LogP contribution in [0.5, 0.6) is 0 Å². The lowest BCUT2D eigenvalue weighted by molar-refractivity contribution is 0.0466. The number of hydrogen-bond acceptors (Lipinski definition) is 4. The number of benzene rings is 1. The molecule has 134 valence electrons. The van der Waals surface area contributed by atoms with E-state index in [-0.39, 0.29) is 17.9 Å². The molecule has 1 aromatic heterocycles. The van der Waals surface area contributed by atoms with Crippen LogP contribution in [0.15, 0.2) is 41.1 Å². The molecule has 1 saturated heterocycles. The van der Waals surface area contributed by atoms with Gasteiger partial charge in [0, 0.05) is 19.5 Å². The maximum absolute atomic E-state index is 12.7. The minimum absolute atomic E-state index is 0.000647. The molecule has 0 spiro atoms. The van der Waals surface area contributed by atoms with Crippen LogP contribution in [0.4, 0.5) is 0 Å². The maximum atomic E-state index is 12.7.